The van der Waals surface area contributed by atoms with Crippen LogP contribution in [0.5, 0.6) is 0 Å². The summed E-state index contributed by atoms with van der Waals surface area (Å²) >= 11 is 3.53. The fraction of sp³-hybridized carbons (Fsp3) is 0.706. The highest BCUT2D eigenvalue weighted by Gasteiger charge is 2.21. The van der Waals surface area contributed by atoms with Gasteiger partial charge in [-0.3, -0.25) is 9.89 Å². The van der Waals surface area contributed by atoms with E-state index in [1.807, 2.05) is 7.05 Å². The normalized spacial score (nSPS) is 19.0. The van der Waals surface area contributed by atoms with Crippen LogP contribution < -0.4 is 5.32 Å². The number of likely N-dealkylation sites (tertiary alicyclic amines) is 1. The number of rotatable bonds is 5. The molecule has 1 fully saturated rings. The van der Waals surface area contributed by atoms with Gasteiger partial charge in [-0.15, -0.1) is 24.0 Å². The first-order chi connectivity index (χ1) is 11.0. The standard InChI is InChI=1S/C17H30BrN5.HI/c1-5-23-9-7-6-8-15(23)11-20-17(19-2)22(4)13-16-10-14(18)12-21(16)3;/h10,12,15H,5-9,11,13H2,1-4H3,(H,19,20);1H. The Morgan fingerprint density at radius 2 is 2.21 bits per heavy atom. The van der Waals surface area contributed by atoms with Crippen LogP contribution in [0.2, 0.25) is 0 Å². The van der Waals surface area contributed by atoms with Gasteiger partial charge in [0.05, 0.1) is 6.54 Å². The van der Waals surface area contributed by atoms with Crippen molar-refractivity contribution in [3.05, 3.63) is 22.4 Å². The highest BCUT2D eigenvalue weighted by Crippen LogP contribution is 2.17. The molecule has 1 aliphatic rings. The van der Waals surface area contributed by atoms with E-state index in [0.29, 0.717) is 6.04 Å². The van der Waals surface area contributed by atoms with Gasteiger partial charge in [-0.05, 0) is 47.9 Å². The zero-order valence-corrected chi connectivity index (χ0v) is 19.2. The maximum atomic E-state index is 4.45. The zero-order valence-electron chi connectivity index (χ0n) is 15.3. The van der Waals surface area contributed by atoms with Crippen molar-refractivity contribution in [2.75, 3.05) is 33.7 Å². The Bertz CT molecular complexity index is 531. The van der Waals surface area contributed by atoms with E-state index in [9.17, 15) is 0 Å². The Labute approximate surface area is 172 Å². The molecule has 1 aromatic rings. The largest absolute Gasteiger partial charge is 0.355 e. The third kappa shape index (κ3) is 5.91. The summed E-state index contributed by atoms with van der Waals surface area (Å²) in [6, 6.07) is 2.78. The lowest BCUT2D eigenvalue weighted by Gasteiger charge is -2.35. The second-order valence-corrected chi connectivity index (χ2v) is 7.24. The minimum Gasteiger partial charge on any atom is -0.355 e. The van der Waals surface area contributed by atoms with Gasteiger partial charge in [0.2, 0.25) is 0 Å². The summed E-state index contributed by atoms with van der Waals surface area (Å²) in [7, 11) is 6.03. The topological polar surface area (TPSA) is 35.8 Å². The highest BCUT2D eigenvalue weighted by atomic mass is 127. The maximum Gasteiger partial charge on any atom is 0.193 e. The summed E-state index contributed by atoms with van der Waals surface area (Å²) in [4.78, 5) is 9.21. The molecule has 138 valence electrons. The average molecular weight is 512 g/mol. The molecule has 0 amide bonds. The molecule has 0 radical (unpaired) electrons. The lowest BCUT2D eigenvalue weighted by Crippen LogP contribution is -2.49. The fourth-order valence-corrected chi connectivity index (χ4v) is 3.91. The third-order valence-corrected chi connectivity index (χ3v) is 5.13. The molecule has 1 aliphatic heterocycles. The van der Waals surface area contributed by atoms with Crippen LogP contribution in [0.4, 0.5) is 0 Å². The van der Waals surface area contributed by atoms with E-state index in [0.717, 1.165) is 30.1 Å². The number of likely N-dealkylation sites (N-methyl/N-ethyl adjacent to an activating group) is 1. The van der Waals surface area contributed by atoms with Crippen molar-refractivity contribution >= 4 is 45.9 Å². The van der Waals surface area contributed by atoms with Gasteiger partial charge in [-0.1, -0.05) is 13.3 Å². The summed E-state index contributed by atoms with van der Waals surface area (Å²) in [5.41, 5.74) is 1.26. The van der Waals surface area contributed by atoms with Crippen LogP contribution in [0, 0.1) is 0 Å². The number of aryl methyl sites for hydroxylation is 1. The average Bonchev–Trinajstić information content (AvgIpc) is 2.85. The molecule has 7 heteroatoms. The third-order valence-electron chi connectivity index (χ3n) is 4.70. The Hall–Kier alpha value is -0.280. The number of piperidine rings is 1. The molecular weight excluding hydrogens is 481 g/mol. The molecular formula is C17H31BrIN5. The molecule has 0 saturated carbocycles. The van der Waals surface area contributed by atoms with Crippen LogP contribution in [0.15, 0.2) is 21.7 Å². The van der Waals surface area contributed by atoms with Gasteiger partial charge in [0.15, 0.2) is 5.96 Å². The molecule has 1 atom stereocenters. The molecule has 1 N–H and O–H groups in total. The lowest BCUT2D eigenvalue weighted by molar-refractivity contribution is 0.156. The van der Waals surface area contributed by atoms with Crippen LogP contribution in [-0.2, 0) is 13.6 Å². The number of aliphatic imine (C=N–C) groups is 1. The molecule has 5 nitrogen and oxygen atoms in total. The van der Waals surface area contributed by atoms with Crippen LogP contribution in [0.3, 0.4) is 0 Å². The van der Waals surface area contributed by atoms with Gasteiger partial charge in [0, 0.05) is 50.1 Å². The SMILES string of the molecule is CCN1CCCCC1CNC(=NC)N(C)Cc1cc(Br)cn1C.I. The second-order valence-electron chi connectivity index (χ2n) is 6.32. The monoisotopic (exact) mass is 511 g/mol. The predicted octanol–water partition coefficient (Wildman–Crippen LogP) is 3.29. The molecule has 0 aromatic carbocycles. The van der Waals surface area contributed by atoms with E-state index in [4.69, 9.17) is 0 Å². The van der Waals surface area contributed by atoms with Crippen LogP contribution in [0.1, 0.15) is 31.9 Å². The maximum absolute atomic E-state index is 4.45. The summed E-state index contributed by atoms with van der Waals surface area (Å²) in [6.07, 6.45) is 6.04. The Morgan fingerprint density at radius 1 is 1.46 bits per heavy atom. The van der Waals surface area contributed by atoms with Crippen molar-refractivity contribution in [3.63, 3.8) is 0 Å². The number of aromatic nitrogens is 1. The molecule has 1 aromatic heterocycles. The number of guanidine groups is 1. The van der Waals surface area contributed by atoms with Crippen molar-refractivity contribution in [1.29, 1.82) is 0 Å². The van der Waals surface area contributed by atoms with Crippen molar-refractivity contribution in [2.45, 2.75) is 38.8 Å². The smallest absolute Gasteiger partial charge is 0.193 e. The molecule has 0 spiro atoms. The van der Waals surface area contributed by atoms with Crippen molar-refractivity contribution < 1.29 is 0 Å². The molecule has 2 heterocycles. The molecule has 2 rings (SSSR count). The molecule has 1 unspecified atom stereocenters. The van der Waals surface area contributed by atoms with Crippen LogP contribution in [0.25, 0.3) is 0 Å². The molecule has 0 bridgehead atoms. The minimum atomic E-state index is 0. The van der Waals surface area contributed by atoms with Crippen molar-refractivity contribution in [1.82, 2.24) is 19.7 Å². The fourth-order valence-electron chi connectivity index (χ4n) is 3.34. The van der Waals surface area contributed by atoms with E-state index in [1.165, 1.54) is 31.5 Å². The quantitative estimate of drug-likeness (QED) is 0.374. The number of nitrogens with one attached hydrogen (secondary N) is 1. The lowest BCUT2D eigenvalue weighted by atomic mass is 10.0. The van der Waals surface area contributed by atoms with Crippen LogP contribution >= 0.6 is 39.9 Å². The highest BCUT2D eigenvalue weighted by molar-refractivity contribution is 14.0. The number of halogens is 2. The Balaban J connectivity index is 0.00000288. The number of hydrogen-bond acceptors (Lipinski definition) is 2. The van der Waals surface area contributed by atoms with Gasteiger partial charge in [-0.2, -0.15) is 0 Å². The molecule has 0 aliphatic carbocycles. The summed E-state index contributed by atoms with van der Waals surface area (Å²) in [6.45, 7) is 6.44. The van der Waals surface area contributed by atoms with Gasteiger partial charge in [0.25, 0.3) is 0 Å². The van der Waals surface area contributed by atoms with Gasteiger partial charge in [0.1, 0.15) is 0 Å². The first-order valence-electron chi connectivity index (χ1n) is 8.51. The first kappa shape index (κ1) is 21.8. The van der Waals surface area contributed by atoms with E-state index < -0.39 is 0 Å². The summed E-state index contributed by atoms with van der Waals surface area (Å²) < 4.78 is 3.26. The van der Waals surface area contributed by atoms with Crippen LogP contribution in [-0.4, -0.2) is 60.1 Å². The molecule has 1 saturated heterocycles. The zero-order chi connectivity index (χ0) is 16.8. The van der Waals surface area contributed by atoms with Gasteiger partial charge >= 0.3 is 0 Å². The minimum absolute atomic E-state index is 0. The number of hydrogen-bond donors (Lipinski definition) is 1. The van der Waals surface area contributed by atoms with E-state index in [1.54, 1.807) is 0 Å². The predicted molar refractivity (Wildman–Crippen MR) is 116 cm³/mol. The summed E-state index contributed by atoms with van der Waals surface area (Å²) in [5.74, 6) is 0.962. The molecule has 24 heavy (non-hydrogen) atoms. The van der Waals surface area contributed by atoms with Crippen molar-refractivity contribution in [3.8, 4) is 0 Å². The van der Waals surface area contributed by atoms with E-state index in [2.05, 4.69) is 73.9 Å². The van der Waals surface area contributed by atoms with E-state index >= 15 is 0 Å². The van der Waals surface area contributed by atoms with Gasteiger partial charge in [-0.25, -0.2) is 0 Å². The Morgan fingerprint density at radius 3 is 2.79 bits per heavy atom. The Kier molecular flexibility index (Phi) is 9.66. The van der Waals surface area contributed by atoms with Crippen molar-refractivity contribution in [2.24, 2.45) is 12.0 Å². The second kappa shape index (κ2) is 10.7. The van der Waals surface area contributed by atoms with E-state index in [-0.39, 0.29) is 24.0 Å². The number of nitrogens with zero attached hydrogens (tertiary/aromatic N) is 4. The summed E-state index contributed by atoms with van der Waals surface area (Å²) in [5, 5.41) is 3.56. The van der Waals surface area contributed by atoms with Gasteiger partial charge < -0.3 is 14.8 Å². The first-order valence-corrected chi connectivity index (χ1v) is 9.31.